The van der Waals surface area contributed by atoms with Crippen molar-refractivity contribution in [2.45, 2.75) is 26.3 Å². The average molecular weight is 212 g/mol. The Hall–Kier alpha value is -1.10. The number of hydrogen-bond acceptors (Lipinski definition) is 3. The largest absolute Gasteiger partial charge is 0.379 e. The summed E-state index contributed by atoms with van der Waals surface area (Å²) in [5.41, 5.74) is -0.503. The number of ether oxygens (including phenoxy) is 1. The summed E-state index contributed by atoms with van der Waals surface area (Å²) >= 11 is 0. The molecule has 0 radical (unpaired) electrons. The fourth-order valence-electron chi connectivity index (χ4n) is 1.93. The first-order valence-electron chi connectivity index (χ1n) is 5.21. The summed E-state index contributed by atoms with van der Waals surface area (Å²) in [5, 5.41) is 2.74. The Balaban J connectivity index is 2.19. The Kier molecular flexibility index (Phi) is 2.42. The highest BCUT2D eigenvalue weighted by Crippen LogP contribution is 2.25. The number of nitrogens with one attached hydrogen (secondary N) is 1. The van der Waals surface area contributed by atoms with Gasteiger partial charge in [0.25, 0.3) is 0 Å². The van der Waals surface area contributed by atoms with E-state index in [4.69, 9.17) is 4.74 Å². The van der Waals surface area contributed by atoms with Crippen molar-refractivity contribution in [3.63, 3.8) is 0 Å². The van der Waals surface area contributed by atoms with Gasteiger partial charge < -0.3 is 10.1 Å². The third-order valence-electron chi connectivity index (χ3n) is 2.97. The number of rotatable bonds is 1. The SMILES string of the molecule is CC1(C)CNC(=O)N(C2CCOC2)C1=O. The highest BCUT2D eigenvalue weighted by molar-refractivity contribution is 6.00. The molecule has 0 aliphatic carbocycles. The van der Waals surface area contributed by atoms with Crippen molar-refractivity contribution < 1.29 is 14.3 Å². The van der Waals surface area contributed by atoms with Crippen molar-refractivity contribution in [2.24, 2.45) is 5.41 Å². The standard InChI is InChI=1S/C10H16N2O3/c1-10(2)6-11-9(14)12(8(10)13)7-3-4-15-5-7/h7H,3-6H2,1-2H3,(H,11,14). The van der Waals surface area contributed by atoms with Gasteiger partial charge in [0.15, 0.2) is 0 Å². The topological polar surface area (TPSA) is 58.6 Å². The zero-order valence-electron chi connectivity index (χ0n) is 9.08. The van der Waals surface area contributed by atoms with Crippen LogP contribution in [0.5, 0.6) is 0 Å². The first-order chi connectivity index (χ1) is 7.02. The van der Waals surface area contributed by atoms with Crippen LogP contribution < -0.4 is 5.32 Å². The molecule has 15 heavy (non-hydrogen) atoms. The number of imide groups is 1. The molecule has 5 nitrogen and oxygen atoms in total. The number of amides is 3. The van der Waals surface area contributed by atoms with Crippen LogP contribution in [0.15, 0.2) is 0 Å². The third-order valence-corrected chi connectivity index (χ3v) is 2.97. The summed E-state index contributed by atoms with van der Waals surface area (Å²) in [6.07, 6.45) is 0.745. The average Bonchev–Trinajstić information content (AvgIpc) is 2.66. The second kappa shape index (κ2) is 3.48. The normalized spacial score (nSPS) is 30.5. The minimum Gasteiger partial charge on any atom is -0.379 e. The predicted molar refractivity (Wildman–Crippen MR) is 53.2 cm³/mol. The van der Waals surface area contributed by atoms with Crippen LogP contribution in [0.2, 0.25) is 0 Å². The van der Waals surface area contributed by atoms with Gasteiger partial charge in [-0.1, -0.05) is 0 Å². The maximum Gasteiger partial charge on any atom is 0.324 e. The van der Waals surface area contributed by atoms with Crippen LogP contribution in [-0.4, -0.2) is 42.6 Å². The third kappa shape index (κ3) is 1.71. The molecule has 0 aromatic carbocycles. The number of carbonyl (C=O) groups is 2. The van der Waals surface area contributed by atoms with Crippen molar-refractivity contribution in [1.82, 2.24) is 10.2 Å². The molecule has 2 rings (SSSR count). The molecule has 1 unspecified atom stereocenters. The minimum absolute atomic E-state index is 0.0860. The second-order valence-electron chi connectivity index (χ2n) is 4.74. The maximum atomic E-state index is 12.1. The number of hydrogen-bond donors (Lipinski definition) is 1. The Labute approximate surface area is 88.8 Å². The van der Waals surface area contributed by atoms with Crippen LogP contribution in [0.3, 0.4) is 0 Å². The lowest BCUT2D eigenvalue weighted by atomic mass is 9.89. The molecular formula is C10H16N2O3. The van der Waals surface area contributed by atoms with Crippen LogP contribution in [0.4, 0.5) is 4.79 Å². The molecule has 0 aromatic heterocycles. The fourth-order valence-corrected chi connectivity index (χ4v) is 1.93. The minimum atomic E-state index is -0.503. The maximum absolute atomic E-state index is 12.1. The number of nitrogens with zero attached hydrogens (tertiary/aromatic N) is 1. The number of carbonyl (C=O) groups excluding carboxylic acids is 2. The molecule has 2 aliphatic heterocycles. The van der Waals surface area contributed by atoms with Crippen molar-refractivity contribution in [1.29, 1.82) is 0 Å². The zero-order chi connectivity index (χ0) is 11.1. The second-order valence-corrected chi connectivity index (χ2v) is 4.74. The van der Waals surface area contributed by atoms with Gasteiger partial charge in [-0.05, 0) is 20.3 Å². The quantitative estimate of drug-likeness (QED) is 0.682. The molecule has 3 amide bonds. The van der Waals surface area contributed by atoms with E-state index in [9.17, 15) is 9.59 Å². The van der Waals surface area contributed by atoms with E-state index in [-0.39, 0.29) is 18.0 Å². The van der Waals surface area contributed by atoms with Crippen LogP contribution in [0.1, 0.15) is 20.3 Å². The monoisotopic (exact) mass is 212 g/mol. The van der Waals surface area contributed by atoms with Gasteiger partial charge in [0.2, 0.25) is 5.91 Å². The van der Waals surface area contributed by atoms with E-state index in [1.165, 1.54) is 4.90 Å². The highest BCUT2D eigenvalue weighted by Gasteiger charge is 2.44. The zero-order valence-corrected chi connectivity index (χ0v) is 9.08. The molecule has 1 atom stereocenters. The van der Waals surface area contributed by atoms with E-state index < -0.39 is 5.41 Å². The molecule has 84 valence electrons. The molecule has 0 aromatic rings. The molecule has 0 bridgehead atoms. The molecule has 1 N–H and O–H groups in total. The van der Waals surface area contributed by atoms with E-state index in [0.717, 1.165) is 6.42 Å². The van der Waals surface area contributed by atoms with Crippen molar-refractivity contribution in [3.05, 3.63) is 0 Å². The Bertz CT molecular complexity index is 295. The number of urea groups is 1. The summed E-state index contributed by atoms with van der Waals surface area (Å²) in [6, 6.07) is -0.369. The molecule has 2 saturated heterocycles. The fraction of sp³-hybridized carbons (Fsp3) is 0.800. The van der Waals surface area contributed by atoms with Crippen LogP contribution in [0, 0.1) is 5.41 Å². The Morgan fingerprint density at radius 3 is 2.80 bits per heavy atom. The molecule has 2 aliphatic rings. The molecule has 0 spiro atoms. The van der Waals surface area contributed by atoms with Gasteiger partial charge in [-0.25, -0.2) is 4.79 Å². The first kappa shape index (κ1) is 10.4. The Morgan fingerprint density at radius 1 is 1.47 bits per heavy atom. The van der Waals surface area contributed by atoms with E-state index in [2.05, 4.69) is 5.32 Å². The van der Waals surface area contributed by atoms with Gasteiger partial charge >= 0.3 is 6.03 Å². The highest BCUT2D eigenvalue weighted by atomic mass is 16.5. The van der Waals surface area contributed by atoms with Gasteiger partial charge in [0.1, 0.15) is 0 Å². The van der Waals surface area contributed by atoms with E-state index in [1.54, 1.807) is 0 Å². The van der Waals surface area contributed by atoms with E-state index in [1.807, 2.05) is 13.8 Å². The smallest absolute Gasteiger partial charge is 0.324 e. The van der Waals surface area contributed by atoms with E-state index in [0.29, 0.717) is 19.8 Å². The summed E-state index contributed by atoms with van der Waals surface area (Å²) in [7, 11) is 0. The predicted octanol–water partition coefficient (Wildman–Crippen LogP) is 0.353. The van der Waals surface area contributed by atoms with Crippen molar-refractivity contribution in [2.75, 3.05) is 19.8 Å². The summed E-state index contributed by atoms with van der Waals surface area (Å²) in [5.74, 6) is -0.0956. The summed E-state index contributed by atoms with van der Waals surface area (Å²) in [4.78, 5) is 25.0. The van der Waals surface area contributed by atoms with Crippen molar-refractivity contribution in [3.8, 4) is 0 Å². The van der Waals surface area contributed by atoms with Gasteiger partial charge in [-0.15, -0.1) is 0 Å². The molecule has 2 heterocycles. The van der Waals surface area contributed by atoms with Gasteiger partial charge in [0, 0.05) is 13.2 Å². The van der Waals surface area contributed by atoms with Crippen LogP contribution >= 0.6 is 0 Å². The lowest BCUT2D eigenvalue weighted by Crippen LogP contribution is -2.61. The lowest BCUT2D eigenvalue weighted by Gasteiger charge is -2.38. The lowest BCUT2D eigenvalue weighted by molar-refractivity contribution is -0.140. The molecular weight excluding hydrogens is 196 g/mol. The van der Waals surface area contributed by atoms with Gasteiger partial charge in [0.05, 0.1) is 18.1 Å². The summed E-state index contributed by atoms with van der Waals surface area (Å²) in [6.45, 7) is 5.20. The summed E-state index contributed by atoms with van der Waals surface area (Å²) < 4.78 is 5.20. The molecule has 0 saturated carbocycles. The first-order valence-corrected chi connectivity index (χ1v) is 5.21. The van der Waals surface area contributed by atoms with Crippen LogP contribution in [-0.2, 0) is 9.53 Å². The van der Waals surface area contributed by atoms with Crippen molar-refractivity contribution >= 4 is 11.9 Å². The molecule has 5 heteroatoms. The Morgan fingerprint density at radius 2 is 2.20 bits per heavy atom. The molecule has 2 fully saturated rings. The van der Waals surface area contributed by atoms with Crippen LogP contribution in [0.25, 0.3) is 0 Å². The van der Waals surface area contributed by atoms with E-state index >= 15 is 0 Å². The van der Waals surface area contributed by atoms with Gasteiger partial charge in [-0.3, -0.25) is 9.69 Å². The van der Waals surface area contributed by atoms with Gasteiger partial charge in [-0.2, -0.15) is 0 Å².